The van der Waals surface area contributed by atoms with Gasteiger partial charge in [-0.1, -0.05) is 62.3 Å². The molecule has 3 amide bonds. The van der Waals surface area contributed by atoms with Crippen molar-refractivity contribution in [2.45, 2.75) is 103 Å². The largest absolute Gasteiger partial charge is 0.444 e. The lowest BCUT2D eigenvalue weighted by Crippen LogP contribution is -2.37. The van der Waals surface area contributed by atoms with Gasteiger partial charge in [0.25, 0.3) is 0 Å². The Morgan fingerprint density at radius 1 is 0.548 bits per heavy atom. The van der Waals surface area contributed by atoms with E-state index >= 15 is 0 Å². The monoisotopic (exact) mass is 445 g/mol. The number of hydrogen-bond acceptors (Lipinski definition) is 4. The van der Waals surface area contributed by atoms with E-state index in [1.54, 1.807) is 0 Å². The van der Waals surface area contributed by atoms with Gasteiger partial charge in [-0.15, -0.1) is 0 Å². The second-order valence-electron chi connectivity index (χ2n) is 12.4. The summed E-state index contributed by atoms with van der Waals surface area (Å²) in [4.78, 5) is 31.9. The highest BCUT2D eigenvalue weighted by Crippen LogP contribution is 2.12. The van der Waals surface area contributed by atoms with E-state index < -0.39 is 5.60 Å². The van der Waals surface area contributed by atoms with Crippen molar-refractivity contribution in [1.29, 1.82) is 0 Å². The number of carbonyl (C=O) groups is 3. The number of nitrogens with one attached hydrogen (secondary N) is 3. The van der Waals surface area contributed by atoms with Gasteiger partial charge in [-0.3, -0.25) is 9.59 Å². The van der Waals surface area contributed by atoms with E-state index in [1.165, 1.54) is 13.8 Å². The average Bonchev–Trinajstić information content (AvgIpc) is 2.47. The number of carbonyl (C=O) groups excluding carboxylic acids is 3. The molecule has 3 N–H and O–H groups in total. The summed E-state index contributed by atoms with van der Waals surface area (Å²) < 4.78 is 5.08. The molecule has 0 fully saturated rings. The average molecular weight is 446 g/mol. The molecule has 0 aromatic rings. The molecule has 0 heterocycles. The molecule has 7 nitrogen and oxygen atoms in total. The van der Waals surface area contributed by atoms with Crippen LogP contribution in [0.4, 0.5) is 4.79 Å². The zero-order valence-electron chi connectivity index (χ0n) is 22.8. The van der Waals surface area contributed by atoms with Gasteiger partial charge in [0, 0.05) is 33.5 Å². The number of amides is 3. The van der Waals surface area contributed by atoms with Crippen LogP contribution in [0.1, 0.15) is 96.9 Å². The molecule has 0 atom stereocenters. The van der Waals surface area contributed by atoms with Crippen LogP contribution in [-0.4, -0.2) is 43.1 Å². The first-order chi connectivity index (χ1) is 13.4. The highest BCUT2D eigenvalue weighted by atomic mass is 16.6. The van der Waals surface area contributed by atoms with Crippen LogP contribution in [0.3, 0.4) is 0 Å². The molecule has 0 aromatic heterocycles. The molecule has 0 aliphatic carbocycles. The summed E-state index contributed by atoms with van der Waals surface area (Å²) in [5.74, 6) is 0.0925. The summed E-state index contributed by atoms with van der Waals surface area (Å²) in [5, 5.41) is 8.21. The molecule has 7 heteroatoms. The van der Waals surface area contributed by atoms with Crippen molar-refractivity contribution in [3.05, 3.63) is 0 Å². The lowest BCUT2D eigenvalue weighted by Gasteiger charge is -2.23. The van der Waals surface area contributed by atoms with Crippen LogP contribution < -0.4 is 16.0 Å². The molecule has 31 heavy (non-hydrogen) atoms. The normalized spacial score (nSPS) is 11.7. The molecule has 0 rings (SSSR count). The summed E-state index contributed by atoms with van der Waals surface area (Å²) in [5.41, 5.74) is 0.0796. The molecule has 0 saturated heterocycles. The zero-order valence-corrected chi connectivity index (χ0v) is 22.8. The fourth-order valence-corrected chi connectivity index (χ4v) is 1.43. The molecule has 0 bridgehead atoms. The van der Waals surface area contributed by atoms with E-state index in [4.69, 9.17) is 4.74 Å². The first kappa shape index (κ1) is 33.8. The highest BCUT2D eigenvalue weighted by Gasteiger charge is 2.18. The van der Waals surface area contributed by atoms with Crippen LogP contribution in [-0.2, 0) is 14.3 Å². The Kier molecular flexibility index (Phi) is 15.6. The van der Waals surface area contributed by atoms with Gasteiger partial charge in [0.15, 0.2) is 0 Å². The summed E-state index contributed by atoms with van der Waals surface area (Å²) in [6, 6.07) is 0. The van der Waals surface area contributed by atoms with E-state index in [0.29, 0.717) is 6.54 Å². The minimum absolute atomic E-state index is 0.0462. The Bertz CT molecular complexity index is 503. The maximum Gasteiger partial charge on any atom is 0.407 e. The first-order valence-electron chi connectivity index (χ1n) is 10.9. The Morgan fingerprint density at radius 3 is 0.968 bits per heavy atom. The van der Waals surface area contributed by atoms with Gasteiger partial charge in [0.05, 0.1) is 0 Å². The fourth-order valence-electron chi connectivity index (χ4n) is 1.43. The van der Waals surface area contributed by atoms with Crippen LogP contribution >= 0.6 is 0 Å². The number of hydrogen-bond donors (Lipinski definition) is 3. The molecule has 0 saturated carbocycles. The molecule has 0 aromatic carbocycles. The number of rotatable bonds is 3. The van der Waals surface area contributed by atoms with Crippen molar-refractivity contribution >= 4 is 17.9 Å². The molecule has 0 aliphatic heterocycles. The van der Waals surface area contributed by atoms with Crippen LogP contribution in [0.2, 0.25) is 0 Å². The zero-order chi connectivity index (χ0) is 25.7. The minimum atomic E-state index is -0.415. The van der Waals surface area contributed by atoms with Crippen molar-refractivity contribution in [2.75, 3.05) is 19.6 Å². The molecule has 186 valence electrons. The second-order valence-corrected chi connectivity index (χ2v) is 12.4. The van der Waals surface area contributed by atoms with Gasteiger partial charge in [-0.05, 0) is 37.0 Å². The Balaban J connectivity index is -0.000000390. The van der Waals surface area contributed by atoms with E-state index in [-0.39, 0.29) is 34.2 Å². The molecular formula is C24H51N3O4. The minimum Gasteiger partial charge on any atom is -0.444 e. The standard InChI is InChI=1S/C10H21NO2.2C7H15NO/c1-9(2,3)7-11-8(12)13-10(4,5)6;2*1-6(9)8-5-7(2,3)4/h7H2,1-6H3,(H,11,12);2*5H2,1-4H3,(H,8,9). The van der Waals surface area contributed by atoms with Gasteiger partial charge in [0.2, 0.25) is 11.8 Å². The third-order valence-corrected chi connectivity index (χ3v) is 2.90. The summed E-state index contributed by atoms with van der Waals surface area (Å²) in [6.45, 7) is 29.4. The lowest BCUT2D eigenvalue weighted by molar-refractivity contribution is -0.120. The third-order valence-electron chi connectivity index (χ3n) is 2.90. The fraction of sp³-hybridized carbons (Fsp3) is 0.875. The van der Waals surface area contributed by atoms with E-state index in [9.17, 15) is 14.4 Å². The molecular weight excluding hydrogens is 394 g/mol. The SMILES string of the molecule is CC(=O)NCC(C)(C)C.CC(=O)NCC(C)(C)C.CC(C)(C)CNC(=O)OC(C)(C)C. The molecule has 0 spiro atoms. The topological polar surface area (TPSA) is 96.5 Å². The molecule has 0 unspecified atom stereocenters. The third kappa shape index (κ3) is 43.1. The van der Waals surface area contributed by atoms with Gasteiger partial charge in [0.1, 0.15) is 5.60 Å². The Morgan fingerprint density at radius 2 is 0.806 bits per heavy atom. The maximum absolute atomic E-state index is 11.2. The predicted octanol–water partition coefficient (Wildman–Crippen LogP) is 4.89. The van der Waals surface area contributed by atoms with E-state index in [0.717, 1.165) is 13.1 Å². The molecule has 0 radical (unpaired) electrons. The summed E-state index contributed by atoms with van der Waals surface area (Å²) in [7, 11) is 0. The van der Waals surface area contributed by atoms with Gasteiger partial charge < -0.3 is 20.7 Å². The van der Waals surface area contributed by atoms with Crippen molar-refractivity contribution in [1.82, 2.24) is 16.0 Å². The highest BCUT2D eigenvalue weighted by molar-refractivity contribution is 5.73. The van der Waals surface area contributed by atoms with Crippen molar-refractivity contribution in [3.63, 3.8) is 0 Å². The second kappa shape index (κ2) is 14.3. The van der Waals surface area contributed by atoms with Gasteiger partial charge in [-0.2, -0.15) is 0 Å². The summed E-state index contributed by atoms with van der Waals surface area (Å²) >= 11 is 0. The van der Waals surface area contributed by atoms with E-state index in [1.807, 2.05) is 20.8 Å². The van der Waals surface area contributed by atoms with Crippen LogP contribution in [0, 0.1) is 16.2 Å². The summed E-state index contributed by atoms with van der Waals surface area (Å²) in [6.07, 6.45) is -0.345. The Hall–Kier alpha value is -1.79. The lowest BCUT2D eigenvalue weighted by atomic mass is 9.97. The Labute approximate surface area is 191 Å². The quantitative estimate of drug-likeness (QED) is 0.576. The molecule has 0 aliphatic rings. The predicted molar refractivity (Wildman–Crippen MR) is 130 cm³/mol. The first-order valence-corrected chi connectivity index (χ1v) is 10.9. The smallest absolute Gasteiger partial charge is 0.407 e. The van der Waals surface area contributed by atoms with E-state index in [2.05, 4.69) is 78.3 Å². The van der Waals surface area contributed by atoms with Gasteiger partial charge in [-0.25, -0.2) is 4.79 Å². The van der Waals surface area contributed by atoms with Crippen LogP contribution in [0.15, 0.2) is 0 Å². The number of alkyl carbamates (subject to hydrolysis) is 1. The van der Waals surface area contributed by atoms with Crippen molar-refractivity contribution in [2.24, 2.45) is 16.2 Å². The van der Waals surface area contributed by atoms with Crippen LogP contribution in [0.25, 0.3) is 0 Å². The van der Waals surface area contributed by atoms with Crippen LogP contribution in [0.5, 0.6) is 0 Å². The van der Waals surface area contributed by atoms with Crippen molar-refractivity contribution < 1.29 is 19.1 Å². The number of ether oxygens (including phenoxy) is 1. The maximum atomic E-state index is 11.2. The van der Waals surface area contributed by atoms with Gasteiger partial charge >= 0.3 is 6.09 Å². The van der Waals surface area contributed by atoms with Crippen molar-refractivity contribution in [3.8, 4) is 0 Å².